The number of rotatable bonds is 5. The van der Waals surface area contributed by atoms with Crippen molar-refractivity contribution in [2.24, 2.45) is 0 Å². The first-order valence-electron chi connectivity index (χ1n) is 12.8. The highest BCUT2D eigenvalue weighted by Gasteiger charge is 2.20. The topological polar surface area (TPSA) is 65.1 Å². The summed E-state index contributed by atoms with van der Waals surface area (Å²) in [6.45, 7) is -5.28. The van der Waals surface area contributed by atoms with Gasteiger partial charge in [0.25, 0.3) is 0 Å². The number of aromatic nitrogens is 4. The molecule has 6 nitrogen and oxygen atoms in total. The molecule has 3 aromatic carbocycles. The Balaban J connectivity index is 0.000000162. The third-order valence-electron chi connectivity index (χ3n) is 6.81. The fraction of sp³-hybridized carbons (Fsp3) is 0.0968. The molecule has 0 fully saturated rings. The van der Waals surface area contributed by atoms with Crippen LogP contribution in [-0.4, -0.2) is 24.2 Å². The van der Waals surface area contributed by atoms with Crippen LogP contribution in [0, 0.1) is 11.6 Å². The van der Waals surface area contributed by atoms with Gasteiger partial charge >= 0.3 is 13.1 Å². The van der Waals surface area contributed by atoms with Gasteiger partial charge in [0.2, 0.25) is 0 Å². The van der Waals surface area contributed by atoms with E-state index in [0.29, 0.717) is 38.5 Å². The van der Waals surface area contributed by atoms with E-state index in [0.717, 1.165) is 28.6 Å². The Hall–Kier alpha value is -5.26. The molecule has 1 N–H and O–H groups in total. The van der Waals surface area contributed by atoms with Crippen LogP contribution in [0.25, 0.3) is 43.9 Å². The monoisotopic (exact) mass is 594 g/mol. The van der Waals surface area contributed by atoms with Crippen molar-refractivity contribution in [1.29, 1.82) is 0 Å². The minimum Gasteiger partial charge on any atom is -0.508 e. The maximum absolute atomic E-state index is 13.5. The summed E-state index contributed by atoms with van der Waals surface area (Å²) in [6, 6.07) is 20.8. The zero-order valence-electron chi connectivity index (χ0n) is 21.9. The number of benzene rings is 3. The van der Waals surface area contributed by atoms with E-state index in [9.17, 15) is 31.4 Å². The van der Waals surface area contributed by atoms with Gasteiger partial charge in [-0.15, -0.1) is 0 Å². The van der Waals surface area contributed by atoms with E-state index in [-0.39, 0.29) is 28.1 Å². The van der Waals surface area contributed by atoms with Gasteiger partial charge in [-0.05, 0) is 42.0 Å². The number of phenolic OH excluding ortho intramolecular Hbond substituents is 1. The predicted molar refractivity (Wildman–Crippen MR) is 149 cm³/mol. The summed E-state index contributed by atoms with van der Waals surface area (Å²) in [5.74, 6) is -0.830. The summed E-state index contributed by atoms with van der Waals surface area (Å²) in [7, 11) is 0. The van der Waals surface area contributed by atoms with Crippen molar-refractivity contribution in [3.05, 3.63) is 108 Å². The number of nitrogens with zero attached hydrogens (tertiary/aromatic N) is 4. The fourth-order valence-corrected chi connectivity index (χ4v) is 4.98. The minimum atomic E-state index is -2.82. The number of phenols is 1. The number of aromatic hydroxyl groups is 1. The molecule has 0 aliphatic heterocycles. The van der Waals surface area contributed by atoms with Crippen LogP contribution in [0.3, 0.4) is 0 Å². The van der Waals surface area contributed by atoms with Gasteiger partial charge < -0.3 is 9.84 Å². The van der Waals surface area contributed by atoms with Crippen LogP contribution in [0.5, 0.6) is 11.5 Å². The first-order chi connectivity index (χ1) is 20.7. The van der Waals surface area contributed by atoms with Gasteiger partial charge in [-0.25, -0.2) is 18.7 Å². The highest BCUT2D eigenvalue weighted by Crippen LogP contribution is 2.35. The summed E-state index contributed by atoms with van der Waals surface area (Å²) >= 11 is 0. The van der Waals surface area contributed by atoms with Crippen molar-refractivity contribution < 1.29 is 36.2 Å². The van der Waals surface area contributed by atoms with Crippen LogP contribution in [0.4, 0.5) is 26.3 Å². The summed E-state index contributed by atoms with van der Waals surface area (Å²) < 4.78 is 86.9. The number of pyridine rings is 2. The van der Waals surface area contributed by atoms with Gasteiger partial charge in [-0.3, -0.25) is 9.13 Å². The molecule has 7 aromatic rings. The number of fused-ring (bicyclic) bond motifs is 6. The standard InChI is InChI=1S/C19H13F3N2O.C12H7F3N2O/c20-13-8-16-15-7-6-14(25-11-12-4-2-1-3-5-12)9-17(15)24(19(21)22)18(16)23-10-13;13-6-3-9-8-2-1-7(18)4-10(8)17(12(14)15)11(9)16-5-6/h1-10,19H,11H2;1-5,12,18H. The lowest BCUT2D eigenvalue weighted by molar-refractivity contribution is 0.0785. The Bertz CT molecular complexity index is 2090. The van der Waals surface area contributed by atoms with Crippen molar-refractivity contribution in [3.8, 4) is 11.5 Å². The van der Waals surface area contributed by atoms with Crippen molar-refractivity contribution in [3.63, 3.8) is 0 Å². The maximum Gasteiger partial charge on any atom is 0.320 e. The fourth-order valence-electron chi connectivity index (χ4n) is 4.98. The zero-order chi connectivity index (χ0) is 30.2. The molecule has 43 heavy (non-hydrogen) atoms. The highest BCUT2D eigenvalue weighted by molar-refractivity contribution is 6.08. The Labute approximate surface area is 239 Å². The lowest BCUT2D eigenvalue weighted by Gasteiger charge is -2.08. The van der Waals surface area contributed by atoms with Crippen molar-refractivity contribution >= 4 is 43.9 Å². The average Bonchev–Trinajstić information content (AvgIpc) is 3.48. The van der Waals surface area contributed by atoms with Crippen molar-refractivity contribution in [2.45, 2.75) is 19.7 Å². The first kappa shape index (κ1) is 27.9. The van der Waals surface area contributed by atoms with Crippen LogP contribution in [-0.2, 0) is 6.61 Å². The van der Waals surface area contributed by atoms with E-state index in [1.54, 1.807) is 12.1 Å². The lowest BCUT2D eigenvalue weighted by Crippen LogP contribution is -1.99. The molecule has 0 spiro atoms. The molecule has 0 bridgehead atoms. The van der Waals surface area contributed by atoms with Crippen LogP contribution >= 0.6 is 0 Å². The van der Waals surface area contributed by atoms with E-state index < -0.39 is 24.7 Å². The summed E-state index contributed by atoms with van der Waals surface area (Å²) in [6.07, 6.45) is 1.83. The molecule has 0 saturated heterocycles. The predicted octanol–water partition coefficient (Wildman–Crippen LogP) is 8.73. The Morgan fingerprint density at radius 1 is 0.651 bits per heavy atom. The summed E-state index contributed by atoms with van der Waals surface area (Å²) in [5.41, 5.74) is 1.39. The van der Waals surface area contributed by atoms with Crippen molar-refractivity contribution in [2.75, 3.05) is 0 Å². The van der Waals surface area contributed by atoms with Gasteiger partial charge in [-0.1, -0.05) is 30.3 Å². The summed E-state index contributed by atoms with van der Waals surface area (Å²) in [5, 5.41) is 10.9. The molecular weight excluding hydrogens is 574 g/mol. The number of ether oxygens (including phenoxy) is 1. The van der Waals surface area contributed by atoms with Crippen LogP contribution in [0.1, 0.15) is 18.7 Å². The minimum absolute atomic E-state index is 0.00741. The van der Waals surface area contributed by atoms with Gasteiger partial charge in [0.15, 0.2) is 0 Å². The average molecular weight is 595 g/mol. The van der Waals surface area contributed by atoms with E-state index in [1.165, 1.54) is 30.3 Å². The molecule has 0 aliphatic carbocycles. The highest BCUT2D eigenvalue weighted by atomic mass is 19.3. The Kier molecular flexibility index (Phi) is 7.26. The van der Waals surface area contributed by atoms with Gasteiger partial charge in [-0.2, -0.15) is 17.6 Å². The molecule has 218 valence electrons. The van der Waals surface area contributed by atoms with Crippen molar-refractivity contribution in [1.82, 2.24) is 19.1 Å². The first-order valence-corrected chi connectivity index (χ1v) is 12.8. The molecule has 0 amide bonds. The van der Waals surface area contributed by atoms with Crippen LogP contribution in [0.2, 0.25) is 0 Å². The van der Waals surface area contributed by atoms with E-state index in [2.05, 4.69) is 9.97 Å². The van der Waals surface area contributed by atoms with E-state index >= 15 is 0 Å². The van der Waals surface area contributed by atoms with E-state index in [1.807, 2.05) is 30.3 Å². The summed E-state index contributed by atoms with van der Waals surface area (Å²) in [4.78, 5) is 7.52. The second-order valence-electron chi connectivity index (χ2n) is 9.50. The Morgan fingerprint density at radius 2 is 1.19 bits per heavy atom. The molecule has 0 saturated carbocycles. The SMILES string of the molecule is Fc1cnc2c(c1)c1ccc(OCc3ccccc3)cc1n2C(F)F.Oc1ccc2c3cc(F)cnc3n(C(F)F)c2c1. The Morgan fingerprint density at radius 3 is 1.74 bits per heavy atom. The number of hydrogen-bond acceptors (Lipinski definition) is 4. The van der Waals surface area contributed by atoms with E-state index in [4.69, 9.17) is 4.74 Å². The molecule has 0 unspecified atom stereocenters. The third kappa shape index (κ3) is 5.27. The molecular formula is C31H20F6N4O2. The van der Waals surface area contributed by atoms with Gasteiger partial charge in [0.05, 0.1) is 23.4 Å². The number of halogens is 6. The quantitative estimate of drug-likeness (QED) is 0.203. The molecule has 4 heterocycles. The van der Waals surface area contributed by atoms with Gasteiger partial charge in [0.1, 0.15) is 41.0 Å². The number of hydrogen-bond donors (Lipinski definition) is 1. The molecule has 0 atom stereocenters. The maximum atomic E-state index is 13.5. The zero-order valence-corrected chi connectivity index (χ0v) is 21.9. The number of alkyl halides is 4. The largest absolute Gasteiger partial charge is 0.508 e. The van der Waals surface area contributed by atoms with Crippen LogP contribution < -0.4 is 4.74 Å². The lowest BCUT2D eigenvalue weighted by atomic mass is 10.2. The molecule has 4 aromatic heterocycles. The second-order valence-corrected chi connectivity index (χ2v) is 9.50. The molecule has 0 aliphatic rings. The molecule has 12 heteroatoms. The third-order valence-corrected chi connectivity index (χ3v) is 6.81. The smallest absolute Gasteiger partial charge is 0.320 e. The molecule has 0 radical (unpaired) electrons. The molecule has 7 rings (SSSR count). The van der Waals surface area contributed by atoms with Gasteiger partial charge in [0, 0.05) is 33.7 Å². The normalized spacial score (nSPS) is 11.6. The second kappa shape index (κ2) is 11.2. The van der Waals surface area contributed by atoms with Crippen LogP contribution in [0.15, 0.2) is 91.3 Å².